The standard InChI is InChI=1S/C28H25FN4O4/c1-3-36-23-15-20(11-14-22(23)37-16-18-9-12-21(29)13-10-18)26-24(27(34)35-2)25(19-7-5-4-6-8-19)32-28-30-17-31-33(26)28/h4-15,17,26H,3,16H2,1-2H3,(H,30,31,32)/t26-/m1/s1. The first-order chi connectivity index (χ1) is 18.1. The summed E-state index contributed by atoms with van der Waals surface area (Å²) >= 11 is 0. The molecule has 8 nitrogen and oxygen atoms in total. The molecule has 4 aromatic rings. The fourth-order valence-corrected chi connectivity index (χ4v) is 4.25. The number of benzene rings is 3. The van der Waals surface area contributed by atoms with Gasteiger partial charge in [-0.25, -0.2) is 13.9 Å². The number of hydrogen-bond donors (Lipinski definition) is 1. The number of aromatic nitrogens is 3. The van der Waals surface area contributed by atoms with Gasteiger partial charge in [0.1, 0.15) is 24.8 Å². The number of ether oxygens (including phenoxy) is 3. The van der Waals surface area contributed by atoms with Gasteiger partial charge in [0.2, 0.25) is 5.95 Å². The van der Waals surface area contributed by atoms with Gasteiger partial charge in [-0.05, 0) is 47.9 Å². The van der Waals surface area contributed by atoms with Crippen LogP contribution in [0.3, 0.4) is 0 Å². The van der Waals surface area contributed by atoms with E-state index in [4.69, 9.17) is 14.2 Å². The number of carbonyl (C=O) groups excluding carboxylic acids is 1. The highest BCUT2D eigenvalue weighted by atomic mass is 19.1. The third kappa shape index (κ3) is 4.88. The summed E-state index contributed by atoms with van der Waals surface area (Å²) < 4.78 is 32.0. The summed E-state index contributed by atoms with van der Waals surface area (Å²) in [4.78, 5) is 17.5. The highest BCUT2D eigenvalue weighted by Gasteiger charge is 2.36. The van der Waals surface area contributed by atoms with Crippen molar-refractivity contribution in [2.75, 3.05) is 19.0 Å². The number of methoxy groups -OCH3 is 1. The SMILES string of the molecule is CCOc1cc([C@@H]2C(C(=O)OC)=C(c3ccccc3)Nc3ncnn32)ccc1OCc1ccc(F)cc1. The van der Waals surface area contributed by atoms with Gasteiger partial charge in [-0.2, -0.15) is 10.1 Å². The molecule has 0 saturated heterocycles. The Bertz CT molecular complexity index is 1430. The molecule has 1 atom stereocenters. The highest BCUT2D eigenvalue weighted by Crippen LogP contribution is 2.41. The monoisotopic (exact) mass is 500 g/mol. The molecule has 0 radical (unpaired) electrons. The summed E-state index contributed by atoms with van der Waals surface area (Å²) in [6, 6.07) is 20.5. The molecule has 1 aliphatic rings. The molecule has 37 heavy (non-hydrogen) atoms. The molecule has 188 valence electrons. The van der Waals surface area contributed by atoms with Crippen LogP contribution in [-0.2, 0) is 16.1 Å². The van der Waals surface area contributed by atoms with Gasteiger partial charge < -0.3 is 19.5 Å². The van der Waals surface area contributed by atoms with E-state index in [1.54, 1.807) is 22.9 Å². The lowest BCUT2D eigenvalue weighted by molar-refractivity contribution is -0.136. The van der Waals surface area contributed by atoms with Gasteiger partial charge in [-0.1, -0.05) is 48.5 Å². The second kappa shape index (κ2) is 10.5. The van der Waals surface area contributed by atoms with E-state index in [0.29, 0.717) is 35.3 Å². The number of anilines is 1. The van der Waals surface area contributed by atoms with Gasteiger partial charge in [0.25, 0.3) is 0 Å². The van der Waals surface area contributed by atoms with E-state index in [0.717, 1.165) is 16.7 Å². The number of carbonyl (C=O) groups is 1. The summed E-state index contributed by atoms with van der Waals surface area (Å²) in [6.07, 6.45) is 1.43. The van der Waals surface area contributed by atoms with Gasteiger partial charge in [-0.3, -0.25) is 0 Å². The minimum absolute atomic E-state index is 0.242. The van der Waals surface area contributed by atoms with Crippen molar-refractivity contribution in [3.63, 3.8) is 0 Å². The largest absolute Gasteiger partial charge is 0.490 e. The molecule has 1 aliphatic heterocycles. The first-order valence-corrected chi connectivity index (χ1v) is 11.8. The Morgan fingerprint density at radius 2 is 1.81 bits per heavy atom. The molecule has 0 bridgehead atoms. The predicted molar refractivity (Wildman–Crippen MR) is 136 cm³/mol. The zero-order chi connectivity index (χ0) is 25.8. The topological polar surface area (TPSA) is 87.5 Å². The number of rotatable bonds is 8. The van der Waals surface area contributed by atoms with Crippen molar-refractivity contribution < 1.29 is 23.4 Å². The number of fused-ring (bicyclic) bond motifs is 1. The molecule has 9 heteroatoms. The van der Waals surface area contributed by atoms with Crippen molar-refractivity contribution in [3.05, 3.63) is 107 Å². The van der Waals surface area contributed by atoms with E-state index in [1.165, 1.54) is 25.6 Å². The van der Waals surface area contributed by atoms with E-state index in [1.807, 2.05) is 49.4 Å². The molecule has 2 heterocycles. The first-order valence-electron chi connectivity index (χ1n) is 11.8. The lowest BCUT2D eigenvalue weighted by atomic mass is 9.92. The maximum absolute atomic E-state index is 13.3. The third-order valence-electron chi connectivity index (χ3n) is 5.96. The molecule has 0 fully saturated rings. The Morgan fingerprint density at radius 3 is 2.54 bits per heavy atom. The van der Waals surface area contributed by atoms with Gasteiger partial charge in [0.15, 0.2) is 11.5 Å². The van der Waals surface area contributed by atoms with E-state index in [2.05, 4.69) is 15.4 Å². The van der Waals surface area contributed by atoms with Crippen molar-refractivity contribution in [3.8, 4) is 11.5 Å². The number of esters is 1. The van der Waals surface area contributed by atoms with Crippen molar-refractivity contribution in [1.82, 2.24) is 14.8 Å². The number of nitrogens with zero attached hydrogens (tertiary/aromatic N) is 3. The second-order valence-corrected chi connectivity index (χ2v) is 8.26. The minimum atomic E-state index is -0.633. The summed E-state index contributed by atoms with van der Waals surface area (Å²) in [5.41, 5.74) is 3.34. The third-order valence-corrected chi connectivity index (χ3v) is 5.96. The summed E-state index contributed by atoms with van der Waals surface area (Å²) in [7, 11) is 1.35. The fourth-order valence-electron chi connectivity index (χ4n) is 4.25. The Labute approximate surface area is 213 Å². The average molecular weight is 501 g/mol. The Kier molecular flexibility index (Phi) is 6.85. The second-order valence-electron chi connectivity index (χ2n) is 8.26. The maximum Gasteiger partial charge on any atom is 0.338 e. The van der Waals surface area contributed by atoms with E-state index in [9.17, 15) is 9.18 Å². The fraction of sp³-hybridized carbons (Fsp3) is 0.179. The predicted octanol–water partition coefficient (Wildman–Crippen LogP) is 4.99. The van der Waals surface area contributed by atoms with Crippen LogP contribution in [0.1, 0.15) is 29.7 Å². The molecule has 0 spiro atoms. The zero-order valence-corrected chi connectivity index (χ0v) is 20.3. The van der Waals surface area contributed by atoms with Gasteiger partial charge in [0.05, 0.1) is 25.0 Å². The molecule has 1 aromatic heterocycles. The zero-order valence-electron chi connectivity index (χ0n) is 20.3. The van der Waals surface area contributed by atoms with E-state index < -0.39 is 12.0 Å². The Balaban J connectivity index is 1.57. The molecule has 3 aromatic carbocycles. The molecule has 0 aliphatic carbocycles. The normalized spacial score (nSPS) is 14.5. The molecule has 1 N–H and O–H groups in total. The molecule has 0 amide bonds. The van der Waals surface area contributed by atoms with Gasteiger partial charge >= 0.3 is 5.97 Å². The van der Waals surface area contributed by atoms with Crippen molar-refractivity contribution >= 4 is 17.6 Å². The number of halogens is 1. The maximum atomic E-state index is 13.3. The molecular weight excluding hydrogens is 475 g/mol. The number of hydrogen-bond acceptors (Lipinski definition) is 7. The molecule has 0 saturated carbocycles. The summed E-state index contributed by atoms with van der Waals surface area (Å²) in [5, 5.41) is 7.63. The highest BCUT2D eigenvalue weighted by molar-refractivity contribution is 6.02. The van der Waals surface area contributed by atoms with Crippen LogP contribution in [0.25, 0.3) is 5.70 Å². The summed E-state index contributed by atoms with van der Waals surface area (Å²) in [5.74, 6) is 0.724. The van der Waals surface area contributed by atoms with Crippen molar-refractivity contribution in [2.45, 2.75) is 19.6 Å². The smallest absolute Gasteiger partial charge is 0.338 e. The van der Waals surface area contributed by atoms with Crippen LogP contribution in [0.5, 0.6) is 11.5 Å². The van der Waals surface area contributed by atoms with Crippen molar-refractivity contribution in [2.24, 2.45) is 0 Å². The van der Waals surface area contributed by atoms with Crippen LogP contribution in [0.4, 0.5) is 10.3 Å². The van der Waals surface area contributed by atoms with Gasteiger partial charge in [-0.15, -0.1) is 0 Å². The van der Waals surface area contributed by atoms with Crippen LogP contribution in [0.15, 0.2) is 84.7 Å². The van der Waals surface area contributed by atoms with Gasteiger partial charge in [0, 0.05) is 0 Å². The van der Waals surface area contributed by atoms with Crippen LogP contribution < -0.4 is 14.8 Å². The quantitative estimate of drug-likeness (QED) is 0.341. The van der Waals surface area contributed by atoms with Crippen LogP contribution in [-0.4, -0.2) is 34.5 Å². The van der Waals surface area contributed by atoms with Crippen molar-refractivity contribution in [1.29, 1.82) is 0 Å². The van der Waals surface area contributed by atoms with E-state index in [-0.39, 0.29) is 12.4 Å². The Morgan fingerprint density at radius 1 is 1.03 bits per heavy atom. The number of nitrogens with one attached hydrogen (secondary N) is 1. The van der Waals surface area contributed by atoms with E-state index >= 15 is 0 Å². The molecular formula is C28H25FN4O4. The summed E-state index contributed by atoms with van der Waals surface area (Å²) in [6.45, 7) is 2.53. The molecule has 0 unspecified atom stereocenters. The van der Waals surface area contributed by atoms with Crippen LogP contribution in [0, 0.1) is 5.82 Å². The Hall–Kier alpha value is -4.66. The lowest BCUT2D eigenvalue weighted by Crippen LogP contribution is -2.29. The minimum Gasteiger partial charge on any atom is -0.490 e. The average Bonchev–Trinajstić information content (AvgIpc) is 3.41. The lowest BCUT2D eigenvalue weighted by Gasteiger charge is -2.29. The molecule has 5 rings (SSSR count). The first kappa shape index (κ1) is 24.1. The van der Waals surface area contributed by atoms with Crippen LogP contribution in [0.2, 0.25) is 0 Å². The van der Waals surface area contributed by atoms with Crippen LogP contribution >= 0.6 is 0 Å².